The number of aromatic nitrogens is 2. The van der Waals surface area contributed by atoms with E-state index in [1.54, 1.807) is 12.3 Å². The number of pyridine rings is 2. The summed E-state index contributed by atoms with van der Waals surface area (Å²) in [5.41, 5.74) is 7.13. The lowest BCUT2D eigenvalue weighted by molar-refractivity contribution is 0.462. The van der Waals surface area contributed by atoms with Crippen LogP contribution in [0, 0.1) is 0 Å². The quantitative estimate of drug-likeness (QED) is 0.747. The van der Waals surface area contributed by atoms with Gasteiger partial charge in [0.05, 0.1) is 22.3 Å². The maximum Gasteiger partial charge on any atom is 0.230 e. The van der Waals surface area contributed by atoms with Gasteiger partial charge in [-0.1, -0.05) is 42.0 Å². The number of hydrogen-bond acceptors (Lipinski definition) is 4. The molecule has 0 saturated carbocycles. The van der Waals surface area contributed by atoms with Gasteiger partial charge in [0.1, 0.15) is 10.7 Å². The zero-order valence-electron chi connectivity index (χ0n) is 10.8. The van der Waals surface area contributed by atoms with Gasteiger partial charge in [-0.3, -0.25) is 4.98 Å². The molecule has 6 heteroatoms. The van der Waals surface area contributed by atoms with E-state index in [-0.39, 0.29) is 4.99 Å². The zero-order chi connectivity index (χ0) is 14.8. The van der Waals surface area contributed by atoms with Crippen molar-refractivity contribution in [3.63, 3.8) is 0 Å². The predicted molar refractivity (Wildman–Crippen MR) is 87.0 cm³/mol. The molecule has 2 aromatic heterocycles. The predicted octanol–water partition coefficient (Wildman–Crippen LogP) is 3.71. The van der Waals surface area contributed by atoms with Gasteiger partial charge in [-0.05, 0) is 12.1 Å². The van der Waals surface area contributed by atoms with Gasteiger partial charge in [-0.15, -0.1) is 0 Å². The fourth-order valence-corrected chi connectivity index (χ4v) is 2.22. The maximum absolute atomic E-state index is 5.90. The molecule has 3 aromatic rings. The van der Waals surface area contributed by atoms with Gasteiger partial charge in [0.2, 0.25) is 5.88 Å². The number of rotatable bonds is 3. The standard InChI is InChI=1S/C15H10ClN3OS/c16-10-6-11(8-18-7-10)20-15-12(14(17)21)5-9-3-1-2-4-13(9)19-15/h1-8H,(H2,17,21). The summed E-state index contributed by atoms with van der Waals surface area (Å²) in [5.74, 6) is 0.813. The molecule has 3 rings (SSSR count). The van der Waals surface area contributed by atoms with E-state index >= 15 is 0 Å². The Bertz CT molecular complexity index is 838. The van der Waals surface area contributed by atoms with Crippen LogP contribution >= 0.6 is 23.8 Å². The molecule has 0 spiro atoms. The van der Waals surface area contributed by atoms with Gasteiger partial charge in [0.25, 0.3) is 0 Å². The van der Waals surface area contributed by atoms with Gasteiger partial charge in [-0.2, -0.15) is 0 Å². The second-order valence-electron chi connectivity index (χ2n) is 4.34. The van der Waals surface area contributed by atoms with Crippen LogP contribution in [0.3, 0.4) is 0 Å². The summed E-state index contributed by atoms with van der Waals surface area (Å²) in [7, 11) is 0. The molecular weight excluding hydrogens is 306 g/mol. The number of para-hydroxylation sites is 1. The highest BCUT2D eigenvalue weighted by molar-refractivity contribution is 7.80. The van der Waals surface area contributed by atoms with Crippen LogP contribution in [0.2, 0.25) is 5.02 Å². The average Bonchev–Trinajstić information content (AvgIpc) is 2.46. The second kappa shape index (κ2) is 5.63. The summed E-state index contributed by atoms with van der Waals surface area (Å²) < 4.78 is 5.73. The fourth-order valence-electron chi connectivity index (χ4n) is 1.91. The molecule has 21 heavy (non-hydrogen) atoms. The lowest BCUT2D eigenvalue weighted by atomic mass is 10.1. The smallest absolute Gasteiger partial charge is 0.230 e. The molecule has 2 heterocycles. The van der Waals surface area contributed by atoms with Crippen molar-refractivity contribution < 1.29 is 4.74 Å². The fraction of sp³-hybridized carbons (Fsp3) is 0. The first-order valence-corrected chi connectivity index (χ1v) is 6.90. The number of halogens is 1. The van der Waals surface area contributed by atoms with E-state index in [1.165, 1.54) is 6.20 Å². The lowest BCUT2D eigenvalue weighted by Crippen LogP contribution is -2.11. The largest absolute Gasteiger partial charge is 0.437 e. The SMILES string of the molecule is NC(=S)c1cc2ccccc2nc1Oc1cncc(Cl)c1. The minimum absolute atomic E-state index is 0.221. The summed E-state index contributed by atoms with van der Waals surface area (Å²) in [5, 5.41) is 1.42. The minimum atomic E-state index is 0.221. The molecule has 0 saturated heterocycles. The van der Waals surface area contributed by atoms with E-state index in [0.29, 0.717) is 22.2 Å². The van der Waals surface area contributed by atoms with Crippen molar-refractivity contribution in [1.29, 1.82) is 0 Å². The van der Waals surface area contributed by atoms with Gasteiger partial charge < -0.3 is 10.5 Å². The molecule has 0 aliphatic heterocycles. The Labute approximate surface area is 131 Å². The Hall–Kier alpha value is -2.24. The number of nitrogens with zero attached hydrogens (tertiary/aromatic N) is 2. The summed E-state index contributed by atoms with van der Waals surface area (Å²) in [4.78, 5) is 8.65. The van der Waals surface area contributed by atoms with Crippen molar-refractivity contribution in [3.05, 3.63) is 59.4 Å². The molecule has 4 nitrogen and oxygen atoms in total. The molecule has 2 N–H and O–H groups in total. The van der Waals surface area contributed by atoms with Crippen molar-refractivity contribution in [1.82, 2.24) is 9.97 Å². The molecule has 0 radical (unpaired) electrons. The Morgan fingerprint density at radius 2 is 2.00 bits per heavy atom. The van der Waals surface area contributed by atoms with E-state index < -0.39 is 0 Å². The van der Waals surface area contributed by atoms with Crippen LogP contribution in [0.4, 0.5) is 0 Å². The zero-order valence-corrected chi connectivity index (χ0v) is 12.4. The van der Waals surface area contributed by atoms with Crippen LogP contribution in [0.15, 0.2) is 48.8 Å². The summed E-state index contributed by atoms with van der Waals surface area (Å²) in [6.45, 7) is 0. The molecular formula is C15H10ClN3OS. The number of benzene rings is 1. The Morgan fingerprint density at radius 1 is 1.19 bits per heavy atom. The Morgan fingerprint density at radius 3 is 2.76 bits per heavy atom. The van der Waals surface area contributed by atoms with Crippen LogP contribution in [-0.4, -0.2) is 15.0 Å². The topological polar surface area (TPSA) is 61.0 Å². The average molecular weight is 316 g/mol. The van der Waals surface area contributed by atoms with Crippen molar-refractivity contribution in [2.24, 2.45) is 5.73 Å². The summed E-state index contributed by atoms with van der Waals surface area (Å²) in [6.07, 6.45) is 3.07. The number of nitrogens with two attached hydrogens (primary N) is 1. The van der Waals surface area contributed by atoms with Gasteiger partial charge >= 0.3 is 0 Å². The van der Waals surface area contributed by atoms with E-state index in [0.717, 1.165) is 10.9 Å². The van der Waals surface area contributed by atoms with Crippen LogP contribution in [0.25, 0.3) is 10.9 Å². The molecule has 0 fully saturated rings. The van der Waals surface area contributed by atoms with Crippen molar-refractivity contribution in [2.45, 2.75) is 0 Å². The third-order valence-electron chi connectivity index (χ3n) is 2.85. The number of fused-ring (bicyclic) bond motifs is 1. The summed E-state index contributed by atoms with van der Waals surface area (Å²) in [6, 6.07) is 11.2. The third-order valence-corrected chi connectivity index (χ3v) is 3.28. The molecule has 0 aliphatic carbocycles. The number of ether oxygens (including phenoxy) is 1. The Kier molecular flexibility index (Phi) is 3.68. The van der Waals surface area contributed by atoms with E-state index in [2.05, 4.69) is 9.97 Å². The van der Waals surface area contributed by atoms with Crippen LogP contribution in [-0.2, 0) is 0 Å². The first-order chi connectivity index (χ1) is 10.1. The first kappa shape index (κ1) is 13.7. The molecule has 0 bridgehead atoms. The maximum atomic E-state index is 5.90. The highest BCUT2D eigenvalue weighted by Gasteiger charge is 2.12. The molecule has 0 unspecified atom stereocenters. The number of hydrogen-bond donors (Lipinski definition) is 1. The Balaban J connectivity index is 2.11. The highest BCUT2D eigenvalue weighted by Crippen LogP contribution is 2.27. The van der Waals surface area contributed by atoms with E-state index in [9.17, 15) is 0 Å². The molecule has 104 valence electrons. The first-order valence-electron chi connectivity index (χ1n) is 6.11. The van der Waals surface area contributed by atoms with Crippen LogP contribution in [0.5, 0.6) is 11.6 Å². The van der Waals surface area contributed by atoms with Gasteiger partial charge in [0.15, 0.2) is 0 Å². The molecule has 1 aromatic carbocycles. The lowest BCUT2D eigenvalue weighted by Gasteiger charge is -2.10. The monoisotopic (exact) mass is 315 g/mol. The highest BCUT2D eigenvalue weighted by atomic mass is 35.5. The van der Waals surface area contributed by atoms with Gasteiger partial charge in [0, 0.05) is 17.6 Å². The van der Waals surface area contributed by atoms with Crippen LogP contribution in [0.1, 0.15) is 5.56 Å². The minimum Gasteiger partial charge on any atom is -0.437 e. The van der Waals surface area contributed by atoms with Crippen molar-refractivity contribution >= 4 is 39.7 Å². The van der Waals surface area contributed by atoms with Crippen LogP contribution < -0.4 is 10.5 Å². The van der Waals surface area contributed by atoms with Crippen molar-refractivity contribution in [2.75, 3.05) is 0 Å². The molecule has 0 aliphatic rings. The molecule has 0 atom stereocenters. The van der Waals surface area contributed by atoms with Crippen molar-refractivity contribution in [3.8, 4) is 11.6 Å². The van der Waals surface area contributed by atoms with Gasteiger partial charge in [-0.25, -0.2) is 4.98 Å². The second-order valence-corrected chi connectivity index (χ2v) is 5.22. The normalized spacial score (nSPS) is 10.5. The number of thiocarbonyl (C=S) groups is 1. The third kappa shape index (κ3) is 2.94. The van der Waals surface area contributed by atoms with E-state index in [1.807, 2.05) is 30.3 Å². The molecule has 0 amide bonds. The van der Waals surface area contributed by atoms with E-state index in [4.69, 9.17) is 34.3 Å². The summed E-state index contributed by atoms with van der Waals surface area (Å²) >= 11 is 11.0.